The summed E-state index contributed by atoms with van der Waals surface area (Å²) < 4.78 is 5.38. The number of para-hydroxylation sites is 1. The summed E-state index contributed by atoms with van der Waals surface area (Å²) in [7, 11) is 0. The van der Waals surface area contributed by atoms with Crippen molar-refractivity contribution in [2.75, 3.05) is 0 Å². The molecule has 5 heteroatoms. The molecule has 1 aromatic carbocycles. The van der Waals surface area contributed by atoms with E-state index in [0.29, 0.717) is 29.3 Å². The second-order valence-electron chi connectivity index (χ2n) is 5.30. The van der Waals surface area contributed by atoms with E-state index in [1.807, 2.05) is 36.6 Å². The zero-order valence-electron chi connectivity index (χ0n) is 12.7. The number of carbonyl (C=O) groups excluding carboxylic acids is 1. The number of aromatic hydroxyl groups is 1. The van der Waals surface area contributed by atoms with Crippen LogP contribution < -0.4 is 0 Å². The van der Waals surface area contributed by atoms with Crippen LogP contribution in [0.5, 0.6) is 5.75 Å². The van der Waals surface area contributed by atoms with Crippen LogP contribution in [-0.2, 0) is 13.1 Å². The van der Waals surface area contributed by atoms with Crippen LogP contribution in [-0.4, -0.2) is 15.9 Å². The van der Waals surface area contributed by atoms with E-state index >= 15 is 0 Å². The van der Waals surface area contributed by atoms with Gasteiger partial charge in [0.15, 0.2) is 0 Å². The molecule has 23 heavy (non-hydrogen) atoms. The minimum atomic E-state index is -0.0582. The first-order valence-electron chi connectivity index (χ1n) is 7.28. The summed E-state index contributed by atoms with van der Waals surface area (Å²) in [4.78, 5) is 15.3. The fraction of sp³-hybridized carbons (Fsp3) is 0.167. The van der Waals surface area contributed by atoms with Crippen molar-refractivity contribution in [3.05, 3.63) is 75.9 Å². The first kappa shape index (κ1) is 15.4. The van der Waals surface area contributed by atoms with Crippen molar-refractivity contribution < 1.29 is 14.3 Å². The highest BCUT2D eigenvalue weighted by molar-refractivity contribution is 7.12. The van der Waals surface area contributed by atoms with Crippen molar-refractivity contribution in [2.24, 2.45) is 0 Å². The largest absolute Gasteiger partial charge is 0.508 e. The maximum absolute atomic E-state index is 12.9. The number of phenolic OH excluding ortho intramolecular Hbond substituents is 1. The Balaban J connectivity index is 1.89. The second kappa shape index (κ2) is 6.71. The molecule has 0 spiro atoms. The number of hydrogen-bond donors (Lipinski definition) is 1. The molecular weight excluding hydrogens is 310 g/mol. The molecule has 4 nitrogen and oxygen atoms in total. The molecular formula is C18H17NO3S. The van der Waals surface area contributed by atoms with Crippen LogP contribution in [0.15, 0.2) is 58.5 Å². The molecule has 0 aliphatic heterocycles. The van der Waals surface area contributed by atoms with Gasteiger partial charge in [-0.25, -0.2) is 0 Å². The first-order valence-corrected chi connectivity index (χ1v) is 8.15. The van der Waals surface area contributed by atoms with Gasteiger partial charge in [-0.1, -0.05) is 18.2 Å². The number of nitrogens with zero attached hydrogens (tertiary/aromatic N) is 1. The van der Waals surface area contributed by atoms with Crippen molar-refractivity contribution in [2.45, 2.75) is 20.0 Å². The van der Waals surface area contributed by atoms with Crippen LogP contribution in [0.25, 0.3) is 0 Å². The van der Waals surface area contributed by atoms with Gasteiger partial charge in [-0.15, -0.1) is 11.3 Å². The van der Waals surface area contributed by atoms with Gasteiger partial charge in [-0.05, 0) is 42.1 Å². The number of aryl methyl sites for hydroxylation is 1. The average molecular weight is 327 g/mol. The number of thiophene rings is 1. The zero-order chi connectivity index (χ0) is 16.2. The number of benzene rings is 1. The maximum Gasteiger partial charge on any atom is 0.264 e. The number of carbonyl (C=O) groups is 1. The summed E-state index contributed by atoms with van der Waals surface area (Å²) in [6.07, 6.45) is 1.59. The molecule has 0 aliphatic rings. The third-order valence-corrected chi connectivity index (χ3v) is 4.63. The summed E-state index contributed by atoms with van der Waals surface area (Å²) in [5, 5.41) is 11.9. The lowest BCUT2D eigenvalue weighted by molar-refractivity contribution is 0.0721. The molecule has 0 radical (unpaired) electrons. The molecule has 2 heterocycles. The van der Waals surface area contributed by atoms with E-state index < -0.39 is 0 Å². The van der Waals surface area contributed by atoms with Gasteiger partial charge in [-0.3, -0.25) is 4.79 Å². The fourth-order valence-electron chi connectivity index (χ4n) is 2.38. The highest BCUT2D eigenvalue weighted by atomic mass is 32.1. The molecule has 1 N–H and O–H groups in total. The molecule has 0 saturated heterocycles. The van der Waals surface area contributed by atoms with E-state index in [0.717, 1.165) is 5.56 Å². The van der Waals surface area contributed by atoms with Gasteiger partial charge in [0.05, 0.1) is 24.2 Å². The monoisotopic (exact) mass is 327 g/mol. The van der Waals surface area contributed by atoms with Gasteiger partial charge in [0, 0.05) is 5.56 Å². The predicted molar refractivity (Wildman–Crippen MR) is 89.4 cm³/mol. The molecule has 0 fully saturated rings. The molecule has 0 saturated carbocycles. The third-order valence-electron chi connectivity index (χ3n) is 3.62. The van der Waals surface area contributed by atoms with Gasteiger partial charge in [0.2, 0.25) is 0 Å². The van der Waals surface area contributed by atoms with Crippen molar-refractivity contribution in [3.8, 4) is 5.75 Å². The van der Waals surface area contributed by atoms with E-state index in [1.165, 1.54) is 11.3 Å². The predicted octanol–water partition coefficient (Wildman–Crippen LogP) is 4.20. The number of amides is 1. The van der Waals surface area contributed by atoms with E-state index in [1.54, 1.807) is 29.4 Å². The Bertz CT molecular complexity index is 792. The molecule has 0 aliphatic carbocycles. The van der Waals surface area contributed by atoms with Crippen molar-refractivity contribution in [1.82, 2.24) is 4.90 Å². The number of furan rings is 1. The summed E-state index contributed by atoms with van der Waals surface area (Å²) in [6, 6.07) is 12.6. The van der Waals surface area contributed by atoms with Gasteiger partial charge in [0.1, 0.15) is 11.5 Å². The number of rotatable bonds is 5. The van der Waals surface area contributed by atoms with Gasteiger partial charge >= 0.3 is 0 Å². The Hall–Kier alpha value is -2.53. The molecule has 3 aromatic rings. The highest BCUT2D eigenvalue weighted by Crippen LogP contribution is 2.24. The minimum Gasteiger partial charge on any atom is -0.508 e. The molecule has 2 aromatic heterocycles. The quantitative estimate of drug-likeness (QED) is 0.764. The lowest BCUT2D eigenvalue weighted by Crippen LogP contribution is -2.29. The molecule has 0 atom stereocenters. The molecule has 1 amide bonds. The SMILES string of the molecule is Cc1ccsc1C(=O)N(Cc1ccco1)Cc1ccccc1O. The summed E-state index contributed by atoms with van der Waals surface area (Å²) in [5.41, 5.74) is 1.67. The van der Waals surface area contributed by atoms with Crippen LogP contribution >= 0.6 is 11.3 Å². The number of hydrogen-bond acceptors (Lipinski definition) is 4. The van der Waals surface area contributed by atoms with Gasteiger partial charge in [0.25, 0.3) is 5.91 Å². The van der Waals surface area contributed by atoms with Crippen molar-refractivity contribution in [1.29, 1.82) is 0 Å². The Labute approximate surface area is 138 Å². The smallest absolute Gasteiger partial charge is 0.264 e. The lowest BCUT2D eigenvalue weighted by atomic mass is 10.1. The Kier molecular flexibility index (Phi) is 4.48. The maximum atomic E-state index is 12.9. The Morgan fingerprint density at radius 1 is 1.17 bits per heavy atom. The van der Waals surface area contributed by atoms with Crippen LogP contribution in [0.4, 0.5) is 0 Å². The van der Waals surface area contributed by atoms with Gasteiger partial charge in [-0.2, -0.15) is 0 Å². The Morgan fingerprint density at radius 3 is 2.65 bits per heavy atom. The third kappa shape index (κ3) is 3.46. The minimum absolute atomic E-state index is 0.0582. The van der Waals surface area contributed by atoms with Crippen LogP contribution in [0.3, 0.4) is 0 Å². The standard InChI is InChI=1S/C18H17NO3S/c1-13-8-10-23-17(13)18(21)19(12-15-6-4-9-22-15)11-14-5-2-3-7-16(14)20/h2-10,20H,11-12H2,1H3. The second-order valence-corrected chi connectivity index (χ2v) is 6.22. The van der Waals surface area contributed by atoms with Crippen LogP contribution in [0.1, 0.15) is 26.6 Å². The normalized spacial score (nSPS) is 10.7. The van der Waals surface area contributed by atoms with E-state index in [-0.39, 0.29) is 11.7 Å². The molecule has 0 unspecified atom stereocenters. The molecule has 118 valence electrons. The average Bonchev–Trinajstić information content (AvgIpc) is 3.19. The molecule has 3 rings (SSSR count). The fourth-order valence-corrected chi connectivity index (χ4v) is 3.27. The van der Waals surface area contributed by atoms with E-state index in [2.05, 4.69) is 0 Å². The van der Waals surface area contributed by atoms with Crippen molar-refractivity contribution >= 4 is 17.2 Å². The first-order chi connectivity index (χ1) is 11.1. The van der Waals surface area contributed by atoms with Crippen LogP contribution in [0, 0.1) is 6.92 Å². The highest BCUT2D eigenvalue weighted by Gasteiger charge is 2.21. The van der Waals surface area contributed by atoms with E-state index in [9.17, 15) is 9.90 Å². The van der Waals surface area contributed by atoms with E-state index in [4.69, 9.17) is 4.42 Å². The number of phenols is 1. The summed E-state index contributed by atoms with van der Waals surface area (Å²) in [5.74, 6) is 0.841. The van der Waals surface area contributed by atoms with Crippen LogP contribution in [0.2, 0.25) is 0 Å². The van der Waals surface area contributed by atoms with Gasteiger partial charge < -0.3 is 14.4 Å². The molecule has 0 bridgehead atoms. The lowest BCUT2D eigenvalue weighted by Gasteiger charge is -2.22. The summed E-state index contributed by atoms with van der Waals surface area (Å²) >= 11 is 1.43. The summed E-state index contributed by atoms with van der Waals surface area (Å²) in [6.45, 7) is 2.61. The van der Waals surface area contributed by atoms with Crippen molar-refractivity contribution in [3.63, 3.8) is 0 Å². The topological polar surface area (TPSA) is 53.7 Å². The zero-order valence-corrected chi connectivity index (χ0v) is 13.5. The Morgan fingerprint density at radius 2 is 2.00 bits per heavy atom.